The molecule has 0 aromatic rings. The lowest BCUT2D eigenvalue weighted by atomic mass is 10.5. The van der Waals surface area contributed by atoms with Crippen LogP contribution in [0.15, 0.2) is 0 Å². The number of alkyl carbamates (subject to hydrolysis) is 1. The fourth-order valence-corrected chi connectivity index (χ4v) is 0.239. The van der Waals surface area contributed by atoms with Gasteiger partial charge in [0.15, 0.2) is 12.4 Å². The summed E-state index contributed by atoms with van der Waals surface area (Å²) in [4.78, 5) is 20.4. The van der Waals surface area contributed by atoms with Crippen molar-refractivity contribution in [3.63, 3.8) is 0 Å². The van der Waals surface area contributed by atoms with E-state index < -0.39 is 6.09 Å². The zero-order chi connectivity index (χ0) is 7.28. The molecule has 1 amide bonds. The zero-order valence-electron chi connectivity index (χ0n) is 5.43. The maximum atomic E-state index is 10.2. The fraction of sp³-hybridized carbons (Fsp3) is 0.600. The monoisotopic (exact) mass is 133 g/mol. The Hall–Kier alpha value is -1.06. The van der Waals surface area contributed by atoms with Gasteiger partial charge in [-0.15, -0.1) is 0 Å². The molecule has 0 heterocycles. The first kappa shape index (κ1) is 7.94. The Balaban J connectivity index is 0. The van der Waals surface area contributed by atoms with Crippen LogP contribution in [0.2, 0.25) is 0 Å². The third-order valence-corrected chi connectivity index (χ3v) is 0.611. The predicted octanol–water partition coefficient (Wildman–Crippen LogP) is 0.177. The highest BCUT2D eigenvalue weighted by Crippen LogP contribution is 1.75. The van der Waals surface area contributed by atoms with E-state index in [4.69, 9.17) is 0 Å². The van der Waals surface area contributed by atoms with Crippen molar-refractivity contribution in [1.82, 2.24) is 5.32 Å². The normalized spacial score (nSPS) is 8.22. The van der Waals surface area contributed by atoms with Crippen LogP contribution < -0.4 is 5.32 Å². The third kappa shape index (κ3) is 4.80. The molecule has 4 nitrogen and oxygen atoms in total. The van der Waals surface area contributed by atoms with Gasteiger partial charge in [-0.05, 0) is 6.92 Å². The van der Waals surface area contributed by atoms with Crippen LogP contribution >= 0.6 is 0 Å². The maximum absolute atomic E-state index is 10.2. The number of ketones is 1. The van der Waals surface area contributed by atoms with Crippen molar-refractivity contribution in [2.75, 3.05) is 13.7 Å². The predicted molar refractivity (Wildman–Crippen MR) is 33.2 cm³/mol. The van der Waals surface area contributed by atoms with Crippen molar-refractivity contribution in [2.45, 2.75) is 6.92 Å². The first-order valence-corrected chi connectivity index (χ1v) is 2.50. The van der Waals surface area contributed by atoms with Gasteiger partial charge in [0.05, 0.1) is 0 Å². The second kappa shape index (κ2) is 3.88. The van der Waals surface area contributed by atoms with Gasteiger partial charge >= 0.3 is 6.09 Å². The Morgan fingerprint density at radius 3 is 2.56 bits per heavy atom. The van der Waals surface area contributed by atoms with Crippen LogP contribution in [0.4, 0.5) is 4.79 Å². The van der Waals surface area contributed by atoms with Crippen molar-refractivity contribution >= 4 is 11.9 Å². The number of carbonyl (C=O) groups is 2. The smallest absolute Gasteiger partial charge is 0.407 e. The van der Waals surface area contributed by atoms with Gasteiger partial charge in [-0.3, -0.25) is 4.79 Å². The molecule has 0 spiro atoms. The summed E-state index contributed by atoms with van der Waals surface area (Å²) in [6, 6.07) is 0. The van der Waals surface area contributed by atoms with Gasteiger partial charge in [0, 0.05) is 8.47 Å². The first-order chi connectivity index (χ1) is 4.16. The van der Waals surface area contributed by atoms with E-state index >= 15 is 0 Å². The highest BCUT2D eigenvalue weighted by atomic mass is 16.5. The lowest BCUT2D eigenvalue weighted by Gasteiger charge is -1.98. The summed E-state index contributed by atoms with van der Waals surface area (Å²) in [6.45, 7) is 1.20. The van der Waals surface area contributed by atoms with Crippen LogP contribution in [0.1, 0.15) is 8.35 Å². The summed E-state index contributed by atoms with van der Waals surface area (Å²) in [6.07, 6.45) is -0.579. The van der Waals surface area contributed by atoms with Gasteiger partial charge in [0.2, 0.25) is 0 Å². The van der Waals surface area contributed by atoms with Crippen LogP contribution in [0.5, 0.6) is 0 Å². The summed E-state index contributed by atoms with van der Waals surface area (Å²) < 4.78 is 4.35. The van der Waals surface area contributed by atoms with Crippen LogP contribution in [-0.4, -0.2) is 25.5 Å². The van der Waals surface area contributed by atoms with Crippen molar-refractivity contribution in [3.8, 4) is 0 Å². The Bertz CT molecular complexity index is 126. The second-order valence-electron chi connectivity index (χ2n) is 1.53. The van der Waals surface area contributed by atoms with Crippen molar-refractivity contribution in [1.29, 1.82) is 0 Å². The molecule has 1 N–H and O–H groups in total. The number of hydrogen-bond donors (Lipinski definition) is 1. The van der Waals surface area contributed by atoms with Gasteiger partial charge in [-0.25, -0.2) is 4.79 Å². The van der Waals surface area contributed by atoms with E-state index in [1.165, 1.54) is 14.0 Å². The topological polar surface area (TPSA) is 55.4 Å². The molecule has 0 atom stereocenters. The van der Waals surface area contributed by atoms with Crippen molar-refractivity contribution < 1.29 is 15.8 Å². The van der Waals surface area contributed by atoms with E-state index in [1.807, 2.05) is 0 Å². The number of nitrogens with one attached hydrogen (secondary N) is 1. The molecule has 0 aromatic heterocycles. The van der Waals surface area contributed by atoms with Gasteiger partial charge < -0.3 is 10.1 Å². The molecule has 9 heavy (non-hydrogen) atoms. The van der Waals surface area contributed by atoms with Crippen LogP contribution in [0, 0.1) is 0 Å². The molecule has 0 radical (unpaired) electrons. The molecule has 0 saturated carbocycles. The quantitative estimate of drug-likeness (QED) is 0.584. The Morgan fingerprint density at radius 2 is 2.22 bits per heavy atom. The summed E-state index contributed by atoms with van der Waals surface area (Å²) >= 11 is 0. The van der Waals surface area contributed by atoms with E-state index in [-0.39, 0.29) is 13.8 Å². The Morgan fingerprint density at radius 1 is 1.67 bits per heavy atom. The van der Waals surface area contributed by atoms with Gasteiger partial charge in [0.25, 0.3) is 0 Å². The van der Waals surface area contributed by atoms with Crippen LogP contribution in [-0.2, 0) is 9.53 Å². The van der Waals surface area contributed by atoms with Crippen LogP contribution in [0.25, 0.3) is 0 Å². The fourth-order valence-electron chi connectivity index (χ4n) is 0.239. The molecule has 0 saturated heterocycles. The Kier molecular flexibility index (Phi) is 3.43. The molecule has 0 aromatic carbocycles. The minimum atomic E-state index is -0.579. The van der Waals surface area contributed by atoms with Gasteiger partial charge in [-0.2, -0.15) is 0 Å². The summed E-state index contributed by atoms with van der Waals surface area (Å²) in [5.41, 5.74) is 0. The summed E-state index contributed by atoms with van der Waals surface area (Å²) in [5, 5.41) is 2.21. The Labute approximate surface area is 54.7 Å². The van der Waals surface area contributed by atoms with E-state index in [0.29, 0.717) is 0 Å². The average molecular weight is 133 g/mol. The highest BCUT2D eigenvalue weighted by molar-refractivity contribution is 5.79. The first-order valence-electron chi connectivity index (χ1n) is 2.50. The minimum absolute atomic E-state index is 0. The molecular formula is C5H11NO3. The van der Waals surface area contributed by atoms with Crippen molar-refractivity contribution in [2.24, 2.45) is 0 Å². The molecule has 4 heteroatoms. The van der Waals surface area contributed by atoms with Gasteiger partial charge in [0.1, 0.15) is 0 Å². The summed E-state index contributed by atoms with van der Waals surface area (Å²) in [5.74, 6) is -0.168. The standard InChI is InChI=1S/C5H9NO3.H2/c1-4(7)3-9-5(8)6-2;/h3H2,1-2H3,(H,6,8);1H. The zero-order valence-corrected chi connectivity index (χ0v) is 5.43. The lowest BCUT2D eigenvalue weighted by molar-refractivity contribution is -0.119. The van der Waals surface area contributed by atoms with E-state index in [9.17, 15) is 9.59 Å². The largest absolute Gasteiger partial charge is 0.442 e. The second-order valence-corrected chi connectivity index (χ2v) is 1.53. The number of amides is 1. The highest BCUT2D eigenvalue weighted by Gasteiger charge is 1.98. The van der Waals surface area contributed by atoms with Crippen LogP contribution in [0.3, 0.4) is 0 Å². The number of hydrogen-bond acceptors (Lipinski definition) is 3. The number of Topliss-reactive ketones (excluding diaryl/α,β-unsaturated/α-hetero) is 1. The molecule has 0 aliphatic carbocycles. The maximum Gasteiger partial charge on any atom is 0.407 e. The van der Waals surface area contributed by atoms with Crippen molar-refractivity contribution in [3.05, 3.63) is 0 Å². The minimum Gasteiger partial charge on any atom is -0.442 e. The summed E-state index contributed by atoms with van der Waals surface area (Å²) in [7, 11) is 1.43. The molecule has 0 unspecified atom stereocenters. The molecular weight excluding hydrogens is 122 g/mol. The SMILES string of the molecule is CNC(=O)OCC(C)=O.[HH]. The molecule has 0 rings (SSSR count). The molecule has 0 fully saturated rings. The number of rotatable bonds is 2. The van der Waals surface area contributed by atoms with E-state index in [1.54, 1.807) is 0 Å². The van der Waals surface area contributed by atoms with E-state index in [0.717, 1.165) is 0 Å². The molecule has 0 aliphatic rings. The average Bonchev–Trinajstić information content (AvgIpc) is 1.83. The van der Waals surface area contributed by atoms with E-state index in [2.05, 4.69) is 10.1 Å². The number of ether oxygens (including phenoxy) is 1. The molecule has 54 valence electrons. The lowest BCUT2D eigenvalue weighted by Crippen LogP contribution is -2.21. The molecule has 0 aliphatic heterocycles. The van der Waals surface area contributed by atoms with Gasteiger partial charge in [-0.1, -0.05) is 0 Å². The number of carbonyl (C=O) groups excluding carboxylic acids is 2. The third-order valence-electron chi connectivity index (χ3n) is 0.611. The molecule has 0 bridgehead atoms.